The number of carbonyl (C=O) groups is 1. The van der Waals surface area contributed by atoms with Crippen LogP contribution in [-0.4, -0.2) is 24.1 Å². The van der Waals surface area contributed by atoms with E-state index in [4.69, 9.17) is 23.8 Å². The van der Waals surface area contributed by atoms with Gasteiger partial charge < -0.3 is 16.0 Å². The molecule has 1 aromatic carbocycles. The van der Waals surface area contributed by atoms with Gasteiger partial charge in [-0.2, -0.15) is 0 Å². The summed E-state index contributed by atoms with van der Waals surface area (Å²) < 4.78 is 12.9. The van der Waals surface area contributed by atoms with Crippen LogP contribution in [0.5, 0.6) is 0 Å². The Balaban J connectivity index is 2.35. The van der Waals surface area contributed by atoms with Crippen molar-refractivity contribution in [1.82, 2.24) is 10.6 Å². The first-order chi connectivity index (χ1) is 8.49. The molecule has 0 heterocycles. The first kappa shape index (κ1) is 14.7. The molecule has 0 bridgehead atoms. The number of rotatable bonds is 4. The maximum atomic E-state index is 12.9. The van der Waals surface area contributed by atoms with Crippen molar-refractivity contribution in [3.63, 3.8) is 0 Å². The van der Waals surface area contributed by atoms with Crippen LogP contribution in [0.1, 0.15) is 6.92 Å². The molecule has 0 aliphatic carbocycles. The summed E-state index contributed by atoms with van der Waals surface area (Å²) in [5.41, 5.74) is 0.596. The van der Waals surface area contributed by atoms with Crippen molar-refractivity contribution in [2.75, 3.05) is 18.4 Å². The molecule has 0 spiro atoms. The molecule has 0 fully saturated rings. The second kappa shape index (κ2) is 7.13. The predicted octanol–water partition coefficient (Wildman–Crippen LogP) is 1.90. The second-order valence-corrected chi connectivity index (χ2v) is 4.31. The summed E-state index contributed by atoms with van der Waals surface area (Å²) in [5, 5.41) is 8.77. The molecule has 0 radical (unpaired) electrons. The second-order valence-electron chi connectivity index (χ2n) is 3.49. The van der Waals surface area contributed by atoms with Crippen LogP contribution in [0.25, 0.3) is 0 Å². The number of carbonyl (C=O) groups excluding carboxylic acids is 1. The van der Waals surface area contributed by atoms with Gasteiger partial charge in [-0.25, -0.2) is 4.39 Å². The minimum Gasteiger partial charge on any atom is -0.361 e. The van der Waals surface area contributed by atoms with Crippen LogP contribution in [0.15, 0.2) is 18.2 Å². The summed E-state index contributed by atoms with van der Waals surface area (Å²) >= 11 is 10.7. The summed E-state index contributed by atoms with van der Waals surface area (Å²) in [6.45, 7) is 2.42. The Morgan fingerprint density at radius 3 is 2.67 bits per heavy atom. The fourth-order valence-electron chi connectivity index (χ4n) is 1.16. The standard InChI is InChI=1S/C11H13ClFN3OS/c1-7(17)14-4-5-15-11(18)16-8-2-3-10(13)9(12)6-8/h2-3,6H,4-5H2,1H3,(H,14,17)(H2,15,16,18). The van der Waals surface area contributed by atoms with Crippen LogP contribution in [0, 0.1) is 5.82 Å². The highest BCUT2D eigenvalue weighted by atomic mass is 35.5. The first-order valence-corrected chi connectivity index (χ1v) is 6.02. The molecule has 7 heteroatoms. The summed E-state index contributed by atoms with van der Waals surface area (Å²) in [4.78, 5) is 10.6. The lowest BCUT2D eigenvalue weighted by Crippen LogP contribution is -2.35. The Morgan fingerprint density at radius 1 is 1.39 bits per heavy atom. The molecular formula is C11H13ClFN3OS. The number of benzene rings is 1. The lowest BCUT2D eigenvalue weighted by atomic mass is 10.3. The van der Waals surface area contributed by atoms with Gasteiger partial charge in [-0.3, -0.25) is 4.79 Å². The number of nitrogens with one attached hydrogen (secondary N) is 3. The van der Waals surface area contributed by atoms with Crippen molar-refractivity contribution in [2.24, 2.45) is 0 Å². The van der Waals surface area contributed by atoms with Crippen LogP contribution in [0.2, 0.25) is 5.02 Å². The van der Waals surface area contributed by atoms with Crippen molar-refractivity contribution in [1.29, 1.82) is 0 Å². The zero-order valence-electron chi connectivity index (χ0n) is 9.72. The molecular weight excluding hydrogens is 277 g/mol. The van der Waals surface area contributed by atoms with E-state index in [1.165, 1.54) is 25.1 Å². The SMILES string of the molecule is CC(=O)NCCNC(=S)Nc1ccc(F)c(Cl)c1. The van der Waals surface area contributed by atoms with Crippen molar-refractivity contribution >= 4 is 40.5 Å². The average Bonchev–Trinajstić information content (AvgIpc) is 2.29. The van der Waals surface area contributed by atoms with Crippen molar-refractivity contribution in [3.8, 4) is 0 Å². The number of amides is 1. The summed E-state index contributed by atoms with van der Waals surface area (Å²) in [6.07, 6.45) is 0. The van der Waals surface area contributed by atoms with E-state index in [1.54, 1.807) is 0 Å². The van der Waals surface area contributed by atoms with E-state index in [2.05, 4.69) is 16.0 Å². The largest absolute Gasteiger partial charge is 0.361 e. The van der Waals surface area contributed by atoms with E-state index in [9.17, 15) is 9.18 Å². The van der Waals surface area contributed by atoms with E-state index >= 15 is 0 Å². The Bertz CT molecular complexity index is 456. The van der Waals surface area contributed by atoms with Crippen LogP contribution in [0.3, 0.4) is 0 Å². The fraction of sp³-hybridized carbons (Fsp3) is 0.273. The molecule has 0 atom stereocenters. The smallest absolute Gasteiger partial charge is 0.216 e. The molecule has 3 N–H and O–H groups in total. The third-order valence-electron chi connectivity index (χ3n) is 1.96. The maximum absolute atomic E-state index is 12.9. The quantitative estimate of drug-likeness (QED) is 0.585. The summed E-state index contributed by atoms with van der Waals surface area (Å²) in [6, 6.07) is 4.23. The van der Waals surface area contributed by atoms with Gasteiger partial charge in [-0.15, -0.1) is 0 Å². The van der Waals surface area contributed by atoms with E-state index < -0.39 is 5.82 Å². The zero-order chi connectivity index (χ0) is 13.5. The zero-order valence-corrected chi connectivity index (χ0v) is 11.3. The third-order valence-corrected chi connectivity index (χ3v) is 2.50. The van der Waals surface area contributed by atoms with Gasteiger partial charge in [0.1, 0.15) is 5.82 Å². The molecule has 0 unspecified atom stereocenters. The molecule has 0 aliphatic rings. The Morgan fingerprint density at radius 2 is 2.06 bits per heavy atom. The van der Waals surface area contributed by atoms with Crippen LogP contribution in [-0.2, 0) is 4.79 Å². The van der Waals surface area contributed by atoms with Gasteiger partial charge in [0.15, 0.2) is 5.11 Å². The maximum Gasteiger partial charge on any atom is 0.216 e. The number of halogens is 2. The fourth-order valence-corrected chi connectivity index (χ4v) is 1.56. The van der Waals surface area contributed by atoms with Crippen LogP contribution < -0.4 is 16.0 Å². The lowest BCUT2D eigenvalue weighted by Gasteiger charge is -2.11. The molecule has 0 saturated heterocycles. The lowest BCUT2D eigenvalue weighted by molar-refractivity contribution is -0.118. The molecule has 1 rings (SSSR count). The predicted molar refractivity (Wildman–Crippen MR) is 74.3 cm³/mol. The molecule has 18 heavy (non-hydrogen) atoms. The third kappa shape index (κ3) is 5.29. The van der Waals surface area contributed by atoms with Gasteiger partial charge in [-0.1, -0.05) is 11.6 Å². The molecule has 0 saturated carbocycles. The molecule has 0 aliphatic heterocycles. The number of hydrogen-bond donors (Lipinski definition) is 3. The van der Waals surface area contributed by atoms with E-state index in [1.807, 2.05) is 0 Å². The highest BCUT2D eigenvalue weighted by Crippen LogP contribution is 2.19. The Labute approximate surface area is 115 Å². The normalized spacial score (nSPS) is 9.72. The van der Waals surface area contributed by atoms with Gasteiger partial charge in [-0.05, 0) is 30.4 Å². The van der Waals surface area contributed by atoms with Crippen molar-refractivity contribution < 1.29 is 9.18 Å². The highest BCUT2D eigenvalue weighted by Gasteiger charge is 2.02. The molecule has 4 nitrogen and oxygen atoms in total. The number of anilines is 1. The van der Waals surface area contributed by atoms with Gasteiger partial charge in [0, 0.05) is 25.7 Å². The van der Waals surface area contributed by atoms with E-state index in [0.29, 0.717) is 23.9 Å². The molecule has 1 amide bonds. The van der Waals surface area contributed by atoms with Gasteiger partial charge in [0.25, 0.3) is 0 Å². The van der Waals surface area contributed by atoms with Crippen LogP contribution >= 0.6 is 23.8 Å². The summed E-state index contributed by atoms with van der Waals surface area (Å²) in [5.74, 6) is -0.576. The van der Waals surface area contributed by atoms with Gasteiger partial charge >= 0.3 is 0 Å². The van der Waals surface area contributed by atoms with Crippen molar-refractivity contribution in [3.05, 3.63) is 29.0 Å². The van der Waals surface area contributed by atoms with Crippen LogP contribution in [0.4, 0.5) is 10.1 Å². The van der Waals surface area contributed by atoms with E-state index in [0.717, 1.165) is 0 Å². The number of thiocarbonyl (C=S) groups is 1. The van der Waals surface area contributed by atoms with Gasteiger partial charge in [0.2, 0.25) is 5.91 Å². The van der Waals surface area contributed by atoms with Gasteiger partial charge in [0.05, 0.1) is 5.02 Å². The topological polar surface area (TPSA) is 53.2 Å². The molecule has 0 aromatic heterocycles. The Kier molecular flexibility index (Phi) is 5.80. The number of hydrogen-bond acceptors (Lipinski definition) is 2. The average molecular weight is 290 g/mol. The van der Waals surface area contributed by atoms with Crippen molar-refractivity contribution in [2.45, 2.75) is 6.92 Å². The first-order valence-electron chi connectivity index (χ1n) is 5.23. The summed E-state index contributed by atoms with van der Waals surface area (Å²) in [7, 11) is 0. The molecule has 98 valence electrons. The van der Waals surface area contributed by atoms with E-state index in [-0.39, 0.29) is 10.9 Å². The monoisotopic (exact) mass is 289 g/mol. The Hall–Kier alpha value is -1.40. The molecule has 1 aromatic rings. The minimum atomic E-state index is -0.480. The minimum absolute atomic E-state index is 0.0287. The highest BCUT2D eigenvalue weighted by molar-refractivity contribution is 7.80.